The van der Waals surface area contributed by atoms with Gasteiger partial charge in [0.05, 0.1) is 17.7 Å². The maximum absolute atomic E-state index is 14.1. The molecule has 0 aromatic heterocycles. The number of rotatable bonds is 9. The van der Waals surface area contributed by atoms with Crippen LogP contribution in [0.2, 0.25) is 5.02 Å². The predicted molar refractivity (Wildman–Crippen MR) is 128 cm³/mol. The van der Waals surface area contributed by atoms with Gasteiger partial charge in [0.1, 0.15) is 10.6 Å². The molecular formula is C25H25ClFNO5S. The van der Waals surface area contributed by atoms with Gasteiger partial charge in [-0.1, -0.05) is 48.9 Å². The van der Waals surface area contributed by atoms with Crippen molar-refractivity contribution in [3.63, 3.8) is 0 Å². The van der Waals surface area contributed by atoms with Gasteiger partial charge in [0.25, 0.3) is 5.91 Å². The third-order valence-corrected chi connectivity index (χ3v) is 6.97. The Morgan fingerprint density at radius 1 is 1.06 bits per heavy atom. The van der Waals surface area contributed by atoms with Crippen molar-refractivity contribution in [2.24, 2.45) is 0 Å². The highest BCUT2D eigenvalue weighted by atomic mass is 35.5. The summed E-state index contributed by atoms with van der Waals surface area (Å²) in [7, 11) is -3.06. The maximum Gasteiger partial charge on any atom is 0.339 e. The molecule has 1 amide bonds. The molecule has 0 heterocycles. The van der Waals surface area contributed by atoms with E-state index in [2.05, 4.69) is 0 Å². The Hall–Kier alpha value is -3.10. The molecule has 180 valence electrons. The van der Waals surface area contributed by atoms with Crippen molar-refractivity contribution in [1.82, 2.24) is 4.90 Å². The number of methoxy groups -OCH3 is 1. The van der Waals surface area contributed by atoms with Gasteiger partial charge in [-0.25, -0.2) is 4.39 Å². The van der Waals surface area contributed by atoms with E-state index in [1.807, 2.05) is 13.8 Å². The fourth-order valence-corrected chi connectivity index (χ4v) is 4.50. The van der Waals surface area contributed by atoms with E-state index in [4.69, 9.17) is 20.5 Å². The summed E-state index contributed by atoms with van der Waals surface area (Å²) in [6, 6.07) is 16.3. The number of benzene rings is 3. The summed E-state index contributed by atoms with van der Waals surface area (Å²) in [5.74, 6) is -1.15. The van der Waals surface area contributed by atoms with Crippen molar-refractivity contribution >= 4 is 27.6 Å². The molecule has 34 heavy (non-hydrogen) atoms. The van der Waals surface area contributed by atoms with Crippen molar-refractivity contribution in [3.8, 4) is 11.5 Å². The molecule has 0 fully saturated rings. The summed E-state index contributed by atoms with van der Waals surface area (Å²) >= 11 is 6.24. The van der Waals surface area contributed by atoms with Crippen molar-refractivity contribution in [2.45, 2.75) is 37.8 Å². The molecule has 0 aliphatic carbocycles. The van der Waals surface area contributed by atoms with Crippen molar-refractivity contribution in [2.75, 3.05) is 7.11 Å². The minimum atomic E-state index is -4.34. The summed E-state index contributed by atoms with van der Waals surface area (Å²) in [5.41, 5.74) is 0.824. The quantitative estimate of drug-likeness (QED) is 0.349. The van der Waals surface area contributed by atoms with E-state index in [-0.39, 0.29) is 34.9 Å². The van der Waals surface area contributed by atoms with Gasteiger partial charge in [-0.3, -0.25) is 4.79 Å². The summed E-state index contributed by atoms with van der Waals surface area (Å²) < 4.78 is 50.0. The molecule has 3 aromatic rings. The zero-order valence-electron chi connectivity index (χ0n) is 19.0. The van der Waals surface area contributed by atoms with Gasteiger partial charge in [0, 0.05) is 18.2 Å². The zero-order chi connectivity index (χ0) is 24.9. The second-order valence-corrected chi connectivity index (χ2v) is 9.57. The van der Waals surface area contributed by atoms with E-state index in [0.29, 0.717) is 22.6 Å². The summed E-state index contributed by atoms with van der Waals surface area (Å²) in [6.45, 7) is 3.93. The van der Waals surface area contributed by atoms with E-state index >= 15 is 0 Å². The summed E-state index contributed by atoms with van der Waals surface area (Å²) in [6.07, 6.45) is 0.669. The first-order valence-electron chi connectivity index (χ1n) is 10.6. The summed E-state index contributed by atoms with van der Waals surface area (Å²) in [5, 5.41) is 0.328. The Kier molecular flexibility index (Phi) is 8.17. The molecule has 0 radical (unpaired) electrons. The molecule has 0 aliphatic heterocycles. The lowest BCUT2D eigenvalue weighted by molar-refractivity contribution is 0.0671. The lowest BCUT2D eigenvalue weighted by Crippen LogP contribution is -2.38. The minimum absolute atomic E-state index is 0.0407. The lowest BCUT2D eigenvalue weighted by Gasteiger charge is -2.29. The largest absolute Gasteiger partial charge is 0.494 e. The number of carbonyl (C=O) groups is 1. The molecule has 3 aromatic carbocycles. The standard InChI is InChI=1S/C25H25ClFNO5S/c1-4-17(2)28(25(29)20-10-6-7-11-21(20)26)16-18-9-5-8-12-23(18)33-34(30,31)19-13-14-24(32-3)22(27)15-19/h5-15,17H,4,16H2,1-3H3. The number of para-hydroxylation sites is 1. The van der Waals surface area contributed by atoms with Gasteiger partial charge >= 0.3 is 10.1 Å². The van der Waals surface area contributed by atoms with Crippen LogP contribution in [0.25, 0.3) is 0 Å². The highest BCUT2D eigenvalue weighted by Gasteiger charge is 2.25. The number of ether oxygens (including phenoxy) is 1. The fourth-order valence-electron chi connectivity index (χ4n) is 3.31. The van der Waals surface area contributed by atoms with Crippen LogP contribution in [-0.2, 0) is 16.7 Å². The first-order chi connectivity index (χ1) is 16.2. The molecule has 3 rings (SSSR count). The lowest BCUT2D eigenvalue weighted by atomic mass is 10.1. The average molecular weight is 506 g/mol. The van der Waals surface area contributed by atoms with Crippen molar-refractivity contribution in [3.05, 3.63) is 88.7 Å². The Labute approximate surface area is 204 Å². The van der Waals surface area contributed by atoms with Gasteiger partial charge < -0.3 is 13.8 Å². The topological polar surface area (TPSA) is 72.9 Å². The number of nitrogens with zero attached hydrogens (tertiary/aromatic N) is 1. The van der Waals surface area contributed by atoms with E-state index in [1.165, 1.54) is 25.3 Å². The van der Waals surface area contributed by atoms with Gasteiger partial charge in [-0.2, -0.15) is 8.42 Å². The van der Waals surface area contributed by atoms with Crippen LogP contribution < -0.4 is 8.92 Å². The molecule has 0 spiro atoms. The first kappa shape index (κ1) is 25.5. The molecule has 1 atom stereocenters. The Morgan fingerprint density at radius 2 is 1.74 bits per heavy atom. The van der Waals surface area contributed by atoms with Gasteiger partial charge in [0.2, 0.25) is 0 Å². The van der Waals surface area contributed by atoms with Gasteiger partial charge in [-0.05, 0) is 49.7 Å². The van der Waals surface area contributed by atoms with Gasteiger partial charge in [-0.15, -0.1) is 0 Å². The zero-order valence-corrected chi connectivity index (χ0v) is 20.6. The van der Waals surface area contributed by atoms with Gasteiger partial charge in [0.15, 0.2) is 11.6 Å². The van der Waals surface area contributed by atoms with E-state index in [0.717, 1.165) is 6.07 Å². The third kappa shape index (κ3) is 5.69. The molecule has 1 unspecified atom stereocenters. The van der Waals surface area contributed by atoms with E-state index < -0.39 is 15.9 Å². The number of halogens is 2. The van der Waals surface area contributed by atoms with Crippen LogP contribution in [0.4, 0.5) is 4.39 Å². The molecule has 9 heteroatoms. The van der Waals surface area contributed by atoms with Crippen LogP contribution in [-0.4, -0.2) is 32.4 Å². The summed E-state index contributed by atoms with van der Waals surface area (Å²) in [4.78, 5) is 14.6. The van der Waals surface area contributed by atoms with Crippen LogP contribution in [0.3, 0.4) is 0 Å². The van der Waals surface area contributed by atoms with Crippen molar-refractivity contribution < 1.29 is 26.5 Å². The third-order valence-electron chi connectivity index (χ3n) is 5.41. The molecule has 0 bridgehead atoms. The Bertz CT molecular complexity index is 1280. The Morgan fingerprint density at radius 3 is 2.38 bits per heavy atom. The fraction of sp³-hybridized carbons (Fsp3) is 0.240. The van der Waals surface area contributed by atoms with Crippen molar-refractivity contribution in [1.29, 1.82) is 0 Å². The number of hydrogen-bond donors (Lipinski definition) is 0. The molecule has 0 saturated heterocycles. The van der Waals surface area contributed by atoms with E-state index in [9.17, 15) is 17.6 Å². The highest BCUT2D eigenvalue weighted by Crippen LogP contribution is 2.28. The molecule has 0 N–H and O–H groups in total. The monoisotopic (exact) mass is 505 g/mol. The van der Waals surface area contributed by atoms with Crippen LogP contribution in [0.1, 0.15) is 36.2 Å². The number of hydrogen-bond acceptors (Lipinski definition) is 5. The predicted octanol–water partition coefficient (Wildman–Crippen LogP) is 5.70. The minimum Gasteiger partial charge on any atom is -0.494 e. The SMILES string of the molecule is CCC(C)N(Cc1ccccc1OS(=O)(=O)c1ccc(OC)c(F)c1)C(=O)c1ccccc1Cl. The highest BCUT2D eigenvalue weighted by molar-refractivity contribution is 7.87. The second-order valence-electron chi connectivity index (χ2n) is 7.61. The normalized spacial score (nSPS) is 12.1. The molecule has 0 aliphatic rings. The van der Waals surface area contributed by atoms with Crippen LogP contribution in [0.5, 0.6) is 11.5 Å². The second kappa shape index (κ2) is 10.9. The van der Waals surface area contributed by atoms with Crippen LogP contribution in [0, 0.1) is 5.82 Å². The number of amides is 1. The number of carbonyl (C=O) groups excluding carboxylic acids is 1. The van der Waals surface area contributed by atoms with Crippen LogP contribution >= 0.6 is 11.6 Å². The average Bonchev–Trinajstić information content (AvgIpc) is 2.82. The molecule has 6 nitrogen and oxygen atoms in total. The first-order valence-corrected chi connectivity index (χ1v) is 12.4. The van der Waals surface area contributed by atoms with Crippen LogP contribution in [0.15, 0.2) is 71.6 Å². The smallest absolute Gasteiger partial charge is 0.339 e. The maximum atomic E-state index is 14.1. The Balaban J connectivity index is 1.93. The molecular weight excluding hydrogens is 481 g/mol. The molecule has 0 saturated carbocycles. The van der Waals surface area contributed by atoms with E-state index in [1.54, 1.807) is 47.4 Å².